The Bertz CT molecular complexity index is 1410. The third-order valence-corrected chi connectivity index (χ3v) is 7.09. The number of halogens is 3. The molecule has 1 atom stereocenters. The van der Waals surface area contributed by atoms with Gasteiger partial charge in [0.1, 0.15) is 11.0 Å². The number of rotatable bonds is 5. The SMILES string of the molecule is CCOC(=O)c1nc(Cl)ccc1N[C@H](C)c1cc(C)cc2c(=O)n3c(nc12)C1(CC3)CC(F)(F)C1. The number of benzene rings is 1. The summed E-state index contributed by atoms with van der Waals surface area (Å²) in [6, 6.07) is 6.49. The number of nitrogens with one attached hydrogen (secondary N) is 1. The molecule has 0 saturated heterocycles. The van der Waals surface area contributed by atoms with Crippen molar-refractivity contribution in [1.29, 1.82) is 0 Å². The van der Waals surface area contributed by atoms with Crippen LogP contribution in [0.5, 0.6) is 0 Å². The van der Waals surface area contributed by atoms with E-state index in [4.69, 9.17) is 21.3 Å². The average Bonchev–Trinajstić information content (AvgIpc) is 3.13. The van der Waals surface area contributed by atoms with E-state index in [1.54, 1.807) is 29.7 Å². The van der Waals surface area contributed by atoms with Crippen LogP contribution in [0.2, 0.25) is 5.15 Å². The largest absolute Gasteiger partial charge is 0.461 e. The molecule has 1 aliphatic carbocycles. The molecule has 1 spiro atoms. The Labute approximate surface area is 205 Å². The Morgan fingerprint density at radius 2 is 2.03 bits per heavy atom. The van der Waals surface area contributed by atoms with Crippen LogP contribution in [-0.4, -0.2) is 33.0 Å². The van der Waals surface area contributed by atoms with Crippen LogP contribution in [0.25, 0.3) is 10.9 Å². The van der Waals surface area contributed by atoms with Crippen LogP contribution in [0, 0.1) is 6.92 Å². The first kappa shape index (κ1) is 23.7. The van der Waals surface area contributed by atoms with Gasteiger partial charge >= 0.3 is 5.97 Å². The van der Waals surface area contributed by atoms with Crippen molar-refractivity contribution in [3.8, 4) is 0 Å². The fraction of sp³-hybridized carbons (Fsp3) is 0.440. The van der Waals surface area contributed by atoms with E-state index in [0.29, 0.717) is 35.4 Å². The Morgan fingerprint density at radius 1 is 1.29 bits per heavy atom. The Hall–Kier alpha value is -3.07. The summed E-state index contributed by atoms with van der Waals surface area (Å²) in [5.41, 5.74) is 1.56. The highest BCUT2D eigenvalue weighted by atomic mass is 35.5. The number of pyridine rings is 1. The molecule has 0 amide bonds. The number of nitrogens with zero attached hydrogens (tertiary/aromatic N) is 3. The lowest BCUT2D eigenvalue weighted by atomic mass is 9.65. The van der Waals surface area contributed by atoms with Gasteiger partial charge in [0, 0.05) is 30.4 Å². The zero-order valence-electron chi connectivity index (χ0n) is 19.6. The molecule has 7 nitrogen and oxygen atoms in total. The van der Waals surface area contributed by atoms with Crippen molar-refractivity contribution in [3.63, 3.8) is 0 Å². The molecule has 10 heteroatoms. The van der Waals surface area contributed by atoms with Crippen molar-refractivity contribution >= 4 is 34.2 Å². The van der Waals surface area contributed by atoms with Crippen molar-refractivity contribution in [2.75, 3.05) is 11.9 Å². The number of aromatic nitrogens is 3. The minimum absolute atomic E-state index is 0.0488. The van der Waals surface area contributed by atoms with Gasteiger partial charge in [-0.2, -0.15) is 0 Å². The standard InChI is InChI=1S/C25H25ClF2N4O3/c1-4-35-22(34)20-17(5-6-18(26)30-20)29-14(3)15-9-13(2)10-16-19(15)31-23-24(11-25(27,28)12-24)7-8-32(23)21(16)33/h5-6,9-10,14,29H,4,7-8,11-12H2,1-3H3/t14-/m1/s1. The molecular formula is C25H25ClF2N4O3. The van der Waals surface area contributed by atoms with Gasteiger partial charge in [-0.25, -0.2) is 23.5 Å². The molecule has 3 heterocycles. The first-order chi connectivity index (χ1) is 16.5. The summed E-state index contributed by atoms with van der Waals surface area (Å²) < 4.78 is 34.4. The van der Waals surface area contributed by atoms with E-state index in [-0.39, 0.29) is 35.9 Å². The number of ether oxygens (including phenoxy) is 1. The fourth-order valence-electron chi connectivity index (χ4n) is 5.37. The van der Waals surface area contributed by atoms with E-state index in [2.05, 4.69) is 10.3 Å². The molecule has 184 valence electrons. The smallest absolute Gasteiger partial charge is 0.359 e. The molecule has 5 rings (SSSR count). The maximum absolute atomic E-state index is 13.9. The van der Waals surface area contributed by atoms with Gasteiger partial charge < -0.3 is 10.1 Å². The summed E-state index contributed by atoms with van der Waals surface area (Å²) in [6.45, 7) is 6.03. The van der Waals surface area contributed by atoms with E-state index in [1.807, 2.05) is 19.9 Å². The number of hydrogen-bond acceptors (Lipinski definition) is 6. The maximum Gasteiger partial charge on any atom is 0.359 e. The number of aryl methyl sites for hydroxylation is 1. The summed E-state index contributed by atoms with van der Waals surface area (Å²) in [7, 11) is 0. The normalized spacial score (nSPS) is 18.2. The second kappa shape index (κ2) is 8.26. The first-order valence-corrected chi connectivity index (χ1v) is 11.9. The predicted molar refractivity (Wildman–Crippen MR) is 128 cm³/mol. The van der Waals surface area contributed by atoms with E-state index in [0.717, 1.165) is 11.1 Å². The highest BCUT2D eigenvalue weighted by Crippen LogP contribution is 2.57. The summed E-state index contributed by atoms with van der Waals surface area (Å²) in [4.78, 5) is 34.8. The quantitative estimate of drug-likeness (QED) is 0.382. The molecular weight excluding hydrogens is 478 g/mol. The Balaban J connectivity index is 1.59. The minimum Gasteiger partial charge on any atom is -0.461 e. The summed E-state index contributed by atoms with van der Waals surface area (Å²) in [5, 5.41) is 3.87. The molecule has 35 heavy (non-hydrogen) atoms. The third kappa shape index (κ3) is 3.95. The Morgan fingerprint density at radius 3 is 2.71 bits per heavy atom. The van der Waals surface area contributed by atoms with Gasteiger partial charge in [-0.1, -0.05) is 17.7 Å². The van der Waals surface area contributed by atoms with Gasteiger partial charge in [0.15, 0.2) is 5.69 Å². The molecule has 3 aromatic rings. The maximum atomic E-state index is 13.9. The van der Waals surface area contributed by atoms with E-state index in [1.165, 1.54) is 0 Å². The van der Waals surface area contributed by atoms with Crippen LogP contribution in [0.3, 0.4) is 0 Å². The van der Waals surface area contributed by atoms with Gasteiger partial charge in [0.2, 0.25) is 5.92 Å². The number of fused-ring (bicyclic) bond motifs is 3. The monoisotopic (exact) mass is 502 g/mol. The average molecular weight is 503 g/mol. The van der Waals surface area contributed by atoms with Gasteiger partial charge in [-0.15, -0.1) is 0 Å². The molecule has 1 aliphatic heterocycles. The fourth-order valence-corrected chi connectivity index (χ4v) is 5.52. The lowest BCUT2D eigenvalue weighted by molar-refractivity contribution is -0.127. The second-order valence-corrected chi connectivity index (χ2v) is 9.89. The molecule has 1 fully saturated rings. The molecule has 0 unspecified atom stereocenters. The van der Waals surface area contributed by atoms with Crippen molar-refractivity contribution in [1.82, 2.24) is 14.5 Å². The number of esters is 1. The lowest BCUT2D eigenvalue weighted by Crippen LogP contribution is -2.49. The molecule has 2 aliphatic rings. The van der Waals surface area contributed by atoms with Crippen LogP contribution in [0.4, 0.5) is 14.5 Å². The van der Waals surface area contributed by atoms with Crippen LogP contribution in [0.1, 0.15) is 66.6 Å². The highest BCUT2D eigenvalue weighted by molar-refractivity contribution is 6.29. The van der Waals surface area contributed by atoms with Crippen molar-refractivity contribution in [3.05, 3.63) is 62.4 Å². The predicted octanol–water partition coefficient (Wildman–Crippen LogP) is 5.17. The molecule has 0 bridgehead atoms. The number of alkyl halides is 2. The summed E-state index contributed by atoms with van der Waals surface area (Å²) in [5.74, 6) is -2.89. The van der Waals surface area contributed by atoms with Gasteiger partial charge in [-0.05, 0) is 51.0 Å². The minimum atomic E-state index is -2.72. The third-order valence-electron chi connectivity index (χ3n) is 6.88. The van der Waals surface area contributed by atoms with Crippen LogP contribution >= 0.6 is 11.6 Å². The number of hydrogen-bond donors (Lipinski definition) is 1. The molecule has 1 N–H and O–H groups in total. The van der Waals surface area contributed by atoms with E-state index < -0.39 is 23.3 Å². The van der Waals surface area contributed by atoms with Gasteiger partial charge in [-0.3, -0.25) is 9.36 Å². The van der Waals surface area contributed by atoms with E-state index in [9.17, 15) is 18.4 Å². The first-order valence-electron chi connectivity index (χ1n) is 11.6. The van der Waals surface area contributed by atoms with Crippen LogP contribution < -0.4 is 10.9 Å². The van der Waals surface area contributed by atoms with Crippen molar-refractivity contribution in [2.45, 2.75) is 64.0 Å². The van der Waals surface area contributed by atoms with Gasteiger partial charge in [0.25, 0.3) is 5.56 Å². The molecule has 1 aromatic carbocycles. The Kier molecular flexibility index (Phi) is 5.58. The van der Waals surface area contributed by atoms with E-state index >= 15 is 0 Å². The number of carbonyl (C=O) groups is 1. The lowest BCUT2D eigenvalue weighted by Gasteiger charge is -2.43. The van der Waals surface area contributed by atoms with Crippen LogP contribution in [-0.2, 0) is 16.7 Å². The zero-order chi connectivity index (χ0) is 25.1. The van der Waals surface area contributed by atoms with Crippen molar-refractivity contribution < 1.29 is 18.3 Å². The zero-order valence-corrected chi connectivity index (χ0v) is 20.4. The number of anilines is 1. The summed E-state index contributed by atoms with van der Waals surface area (Å²) in [6.07, 6.45) is -0.0821. The van der Waals surface area contributed by atoms with Gasteiger partial charge in [0.05, 0.1) is 29.2 Å². The van der Waals surface area contributed by atoms with Crippen LogP contribution in [0.15, 0.2) is 29.1 Å². The molecule has 2 aromatic heterocycles. The molecule has 0 radical (unpaired) electrons. The number of carbonyl (C=O) groups excluding carboxylic acids is 1. The second-order valence-electron chi connectivity index (χ2n) is 9.50. The highest BCUT2D eigenvalue weighted by Gasteiger charge is 2.61. The molecule has 1 saturated carbocycles. The van der Waals surface area contributed by atoms with Crippen molar-refractivity contribution in [2.24, 2.45) is 0 Å². The summed E-state index contributed by atoms with van der Waals surface area (Å²) >= 11 is 6.00. The topological polar surface area (TPSA) is 86.1 Å².